The summed E-state index contributed by atoms with van der Waals surface area (Å²) in [7, 11) is 0. The van der Waals surface area contributed by atoms with Gasteiger partial charge < -0.3 is 4.57 Å². The van der Waals surface area contributed by atoms with Crippen molar-refractivity contribution in [3.63, 3.8) is 0 Å². The molecule has 4 aromatic carbocycles. The number of imide groups is 1. The summed E-state index contributed by atoms with van der Waals surface area (Å²) >= 11 is 0. The maximum Gasteiger partial charge on any atom is 0.268 e. The average Bonchev–Trinajstić information content (AvgIpc) is 3.36. The monoisotopic (exact) mass is 438 g/mol. The third kappa shape index (κ3) is 2.48. The topological polar surface area (TPSA) is 70.5 Å². The smallest absolute Gasteiger partial charge is 0.268 e. The van der Waals surface area contributed by atoms with E-state index in [9.17, 15) is 14.9 Å². The number of nitriles is 1. The lowest BCUT2D eigenvalue weighted by atomic mass is 10.1. The molecule has 1 aromatic heterocycles. The molecule has 5 aromatic rings. The first-order valence-electron chi connectivity index (χ1n) is 10.6. The first-order valence-corrected chi connectivity index (χ1v) is 10.6. The van der Waals surface area contributed by atoms with E-state index in [2.05, 4.69) is 10.9 Å². The Morgan fingerprint density at radius 3 is 2.21 bits per heavy atom. The molecule has 34 heavy (non-hydrogen) atoms. The van der Waals surface area contributed by atoms with E-state index in [0.717, 1.165) is 10.8 Å². The zero-order valence-corrected chi connectivity index (χ0v) is 17.7. The average molecular weight is 438 g/mol. The van der Waals surface area contributed by atoms with Crippen LogP contribution in [0.25, 0.3) is 32.3 Å². The van der Waals surface area contributed by atoms with Gasteiger partial charge in [-0.05, 0) is 35.7 Å². The summed E-state index contributed by atoms with van der Waals surface area (Å²) in [5.74, 6) is -0.841. The minimum atomic E-state index is -0.438. The molecule has 2 heterocycles. The van der Waals surface area contributed by atoms with Crippen molar-refractivity contribution in [2.75, 3.05) is 4.90 Å². The Kier molecular flexibility index (Phi) is 4.10. The Bertz CT molecular complexity index is 1700. The minimum absolute atomic E-state index is 0.252. The van der Waals surface area contributed by atoms with E-state index in [1.165, 1.54) is 4.90 Å². The third-order valence-corrected chi connectivity index (χ3v) is 6.18. The van der Waals surface area contributed by atoms with Crippen LogP contribution < -0.4 is 4.90 Å². The molecule has 0 aliphatic carbocycles. The fourth-order valence-electron chi connectivity index (χ4n) is 4.78. The van der Waals surface area contributed by atoms with Gasteiger partial charge in [0.05, 0.1) is 45.7 Å². The highest BCUT2D eigenvalue weighted by molar-refractivity contribution is 6.35. The predicted molar refractivity (Wildman–Crippen MR) is 129 cm³/mol. The van der Waals surface area contributed by atoms with Gasteiger partial charge in [0.2, 0.25) is 5.69 Å². The number of hydrogen-bond donors (Lipinski definition) is 0. The lowest BCUT2D eigenvalue weighted by molar-refractivity contribution is 0.0926. The van der Waals surface area contributed by atoms with Crippen LogP contribution in [0.3, 0.4) is 0 Å². The summed E-state index contributed by atoms with van der Waals surface area (Å²) in [5, 5.41) is 11.5. The van der Waals surface area contributed by atoms with Gasteiger partial charge in [-0.15, -0.1) is 0 Å². The highest BCUT2D eigenvalue weighted by atomic mass is 16.2. The van der Waals surface area contributed by atoms with Gasteiger partial charge in [0.1, 0.15) is 6.07 Å². The van der Waals surface area contributed by atoms with E-state index in [1.54, 1.807) is 71.3 Å². The molecule has 6 nitrogen and oxygen atoms in total. The third-order valence-electron chi connectivity index (χ3n) is 6.18. The molecule has 1 aliphatic heterocycles. The number of amides is 2. The lowest BCUT2D eigenvalue weighted by Gasteiger charge is -2.15. The van der Waals surface area contributed by atoms with Gasteiger partial charge in [0.15, 0.2) is 0 Å². The van der Waals surface area contributed by atoms with Gasteiger partial charge in [-0.1, -0.05) is 54.6 Å². The van der Waals surface area contributed by atoms with Crippen molar-refractivity contribution in [1.29, 1.82) is 5.26 Å². The van der Waals surface area contributed by atoms with Gasteiger partial charge in [0, 0.05) is 5.39 Å². The number of fused-ring (bicyclic) bond motifs is 4. The highest BCUT2D eigenvalue weighted by Gasteiger charge is 2.39. The normalized spacial score (nSPS) is 12.7. The summed E-state index contributed by atoms with van der Waals surface area (Å²) in [6.07, 6.45) is 0. The molecule has 6 heteroatoms. The molecule has 0 bridgehead atoms. The molecule has 158 valence electrons. The molecule has 0 saturated heterocycles. The summed E-state index contributed by atoms with van der Waals surface area (Å²) < 4.78 is 1.79. The predicted octanol–water partition coefficient (Wildman–Crippen LogP) is 6.01. The van der Waals surface area contributed by atoms with Crippen LogP contribution in [0.4, 0.5) is 11.4 Å². The fraction of sp³-hybridized carbons (Fsp3) is 0. The molecule has 0 radical (unpaired) electrons. The van der Waals surface area contributed by atoms with Crippen LogP contribution in [0.5, 0.6) is 0 Å². The van der Waals surface area contributed by atoms with Crippen LogP contribution in [0, 0.1) is 17.9 Å². The molecule has 6 rings (SSSR count). The van der Waals surface area contributed by atoms with Crippen LogP contribution in [-0.2, 0) is 0 Å². The maximum atomic E-state index is 13.7. The second kappa shape index (κ2) is 7.16. The number of carbonyl (C=O) groups is 2. The molecule has 0 atom stereocenters. The Morgan fingerprint density at radius 1 is 0.765 bits per heavy atom. The summed E-state index contributed by atoms with van der Waals surface area (Å²) in [6.45, 7) is 7.74. The summed E-state index contributed by atoms with van der Waals surface area (Å²) in [5.41, 5.74) is 3.50. The van der Waals surface area contributed by atoms with Crippen molar-refractivity contribution in [1.82, 2.24) is 4.57 Å². The second-order valence-electron chi connectivity index (χ2n) is 7.92. The molecule has 0 unspecified atom stereocenters. The van der Waals surface area contributed by atoms with Crippen LogP contribution in [0.15, 0.2) is 84.9 Å². The van der Waals surface area contributed by atoms with Gasteiger partial charge >= 0.3 is 0 Å². The van der Waals surface area contributed by atoms with Crippen molar-refractivity contribution in [2.45, 2.75) is 0 Å². The van der Waals surface area contributed by atoms with Crippen molar-refractivity contribution in [2.24, 2.45) is 0 Å². The van der Waals surface area contributed by atoms with Gasteiger partial charge in [-0.3, -0.25) is 9.59 Å². The van der Waals surface area contributed by atoms with E-state index in [-0.39, 0.29) is 11.1 Å². The first-order chi connectivity index (χ1) is 16.7. The van der Waals surface area contributed by atoms with E-state index < -0.39 is 11.8 Å². The molecule has 0 N–H and O–H groups in total. The molecule has 2 amide bonds. The Labute approximate surface area is 194 Å². The van der Waals surface area contributed by atoms with Crippen molar-refractivity contribution in [3.05, 3.63) is 113 Å². The molecule has 0 spiro atoms. The van der Waals surface area contributed by atoms with Crippen LogP contribution in [0.1, 0.15) is 26.3 Å². The zero-order chi connectivity index (χ0) is 23.4. The van der Waals surface area contributed by atoms with Crippen molar-refractivity contribution in [3.8, 4) is 11.8 Å². The van der Waals surface area contributed by atoms with Crippen molar-refractivity contribution >= 4 is 45.0 Å². The Balaban J connectivity index is 1.74. The highest BCUT2D eigenvalue weighted by Crippen LogP contribution is 2.41. The van der Waals surface area contributed by atoms with Gasteiger partial charge in [-0.2, -0.15) is 5.26 Å². The zero-order valence-electron chi connectivity index (χ0n) is 17.7. The lowest BCUT2D eigenvalue weighted by Crippen LogP contribution is -2.29. The quantitative estimate of drug-likeness (QED) is 0.250. The van der Waals surface area contributed by atoms with Crippen LogP contribution >= 0.6 is 0 Å². The number of anilines is 1. The Morgan fingerprint density at radius 2 is 1.47 bits per heavy atom. The SMILES string of the molecule is [C-]#[N+]c1cccc2c3cccc(C#N)c3n(-c3cccc4c3C(=O)N(c3ccccc3)C4=O)c12. The first kappa shape index (κ1) is 19.5. The fourth-order valence-corrected chi connectivity index (χ4v) is 4.78. The largest absolute Gasteiger partial charge is 0.317 e. The van der Waals surface area contributed by atoms with E-state index >= 15 is 0 Å². The van der Waals surface area contributed by atoms with Crippen LogP contribution in [0.2, 0.25) is 0 Å². The minimum Gasteiger partial charge on any atom is -0.317 e. The summed E-state index contributed by atoms with van der Waals surface area (Å²) in [4.78, 5) is 31.8. The van der Waals surface area contributed by atoms with E-state index in [1.807, 2.05) is 18.2 Å². The molecular formula is C28H14N4O2. The van der Waals surface area contributed by atoms with Gasteiger partial charge in [-0.25, -0.2) is 9.74 Å². The van der Waals surface area contributed by atoms with E-state index in [0.29, 0.717) is 33.7 Å². The Hall–Kier alpha value is -5.20. The van der Waals surface area contributed by atoms with Crippen LogP contribution in [-0.4, -0.2) is 16.4 Å². The second-order valence-corrected chi connectivity index (χ2v) is 7.92. The van der Waals surface area contributed by atoms with Crippen molar-refractivity contribution < 1.29 is 9.59 Å². The molecular weight excluding hydrogens is 424 g/mol. The van der Waals surface area contributed by atoms with Gasteiger partial charge in [0.25, 0.3) is 11.8 Å². The maximum absolute atomic E-state index is 13.7. The number of hydrogen-bond acceptors (Lipinski definition) is 3. The number of benzene rings is 4. The standard InChI is InChI=1S/C28H14N4O2/c1-30-22-14-6-12-20-19-11-5-8-17(16-29)25(19)32(26(20)22)23-15-7-13-21-24(23)28(34)31(27(21)33)18-9-3-2-4-10-18/h2-15H. The number of nitrogens with zero attached hydrogens (tertiary/aromatic N) is 4. The number of aromatic nitrogens is 1. The number of carbonyl (C=O) groups excluding carboxylic acids is 2. The molecule has 1 aliphatic rings. The molecule has 0 saturated carbocycles. The summed E-state index contributed by atoms with van der Waals surface area (Å²) in [6, 6.07) is 27.0. The van der Waals surface area contributed by atoms with E-state index in [4.69, 9.17) is 6.57 Å². The molecule has 0 fully saturated rings. The number of para-hydroxylation sites is 3. The number of rotatable bonds is 2.